The zero-order valence-electron chi connectivity index (χ0n) is 17.0. The Morgan fingerprint density at radius 1 is 1.13 bits per heavy atom. The fraction of sp³-hybridized carbons (Fsp3) is 0.429. The summed E-state index contributed by atoms with van der Waals surface area (Å²) in [4.78, 5) is 16.1. The first kappa shape index (κ1) is 19.4. The number of nitrogens with zero attached hydrogens (tertiary/aromatic N) is 6. The Morgan fingerprint density at radius 3 is 2.67 bits per heavy atom. The molecule has 2 aliphatic rings. The molecule has 0 unspecified atom stereocenters. The van der Waals surface area contributed by atoms with E-state index in [1.54, 1.807) is 25.4 Å². The van der Waals surface area contributed by atoms with E-state index in [0.29, 0.717) is 15.6 Å². The molecule has 3 aromatic heterocycles. The van der Waals surface area contributed by atoms with Gasteiger partial charge in [0.1, 0.15) is 10.8 Å². The van der Waals surface area contributed by atoms with Crippen molar-refractivity contribution in [3.8, 4) is 0 Å². The molecule has 1 fully saturated rings. The standard InChI is InChI=1S/C21H24FN7S/c1-13-18(22)16(4-7-24-13)30-20-14(2)27-17(11-25-20)28-9-5-21(6-10-28)12-29-15(19(21)23)3-8-26-29/h3-4,7-8,11,19H,5-6,9-10,12,23H2,1-2H3/t19-/m1/s1. The molecule has 0 amide bonds. The van der Waals surface area contributed by atoms with Gasteiger partial charge < -0.3 is 10.6 Å². The quantitative estimate of drug-likeness (QED) is 0.689. The van der Waals surface area contributed by atoms with Crippen LogP contribution in [0.25, 0.3) is 0 Å². The highest BCUT2D eigenvalue weighted by Crippen LogP contribution is 2.47. The molecule has 7 nitrogen and oxygen atoms in total. The van der Waals surface area contributed by atoms with Gasteiger partial charge in [-0.3, -0.25) is 9.67 Å². The number of nitrogens with two attached hydrogens (primary N) is 1. The Labute approximate surface area is 178 Å². The van der Waals surface area contributed by atoms with Crippen molar-refractivity contribution in [2.24, 2.45) is 11.1 Å². The highest BCUT2D eigenvalue weighted by molar-refractivity contribution is 7.99. The Morgan fingerprint density at radius 2 is 1.93 bits per heavy atom. The predicted octanol–water partition coefficient (Wildman–Crippen LogP) is 3.28. The molecule has 156 valence electrons. The number of aromatic nitrogens is 5. The van der Waals surface area contributed by atoms with Crippen LogP contribution in [0, 0.1) is 25.1 Å². The first-order chi connectivity index (χ1) is 14.5. The van der Waals surface area contributed by atoms with Crippen LogP contribution in [-0.2, 0) is 6.54 Å². The van der Waals surface area contributed by atoms with Crippen molar-refractivity contribution in [3.05, 3.63) is 53.6 Å². The van der Waals surface area contributed by atoms with Crippen molar-refractivity contribution in [3.63, 3.8) is 0 Å². The molecule has 9 heteroatoms. The average molecular weight is 426 g/mol. The summed E-state index contributed by atoms with van der Waals surface area (Å²) in [5.74, 6) is 0.560. The van der Waals surface area contributed by atoms with Gasteiger partial charge >= 0.3 is 0 Å². The molecule has 5 heterocycles. The summed E-state index contributed by atoms with van der Waals surface area (Å²) in [5.41, 5.74) is 8.98. The van der Waals surface area contributed by atoms with Crippen molar-refractivity contribution in [2.45, 2.75) is 49.2 Å². The molecular weight excluding hydrogens is 401 g/mol. The van der Waals surface area contributed by atoms with E-state index in [1.807, 2.05) is 19.2 Å². The van der Waals surface area contributed by atoms with Crippen LogP contribution in [0.3, 0.4) is 0 Å². The SMILES string of the molecule is Cc1nc(N2CCC3(CC2)Cn2nccc2[C@H]3N)cnc1Sc1ccnc(C)c1F. The number of fused-ring (bicyclic) bond motifs is 1. The minimum atomic E-state index is -0.304. The Hall–Kier alpha value is -2.52. The molecule has 1 atom stereocenters. The van der Waals surface area contributed by atoms with Crippen LogP contribution in [0.15, 0.2) is 40.6 Å². The van der Waals surface area contributed by atoms with Gasteiger partial charge in [0.15, 0.2) is 5.82 Å². The van der Waals surface area contributed by atoms with Gasteiger partial charge in [-0.15, -0.1) is 0 Å². The Kier molecular flexibility index (Phi) is 4.74. The van der Waals surface area contributed by atoms with Gasteiger partial charge in [0, 0.05) is 37.4 Å². The zero-order valence-corrected chi connectivity index (χ0v) is 17.9. The van der Waals surface area contributed by atoms with Crippen molar-refractivity contribution in [1.29, 1.82) is 0 Å². The zero-order chi connectivity index (χ0) is 20.9. The highest BCUT2D eigenvalue weighted by atomic mass is 32.2. The molecule has 0 saturated carbocycles. The van der Waals surface area contributed by atoms with E-state index in [0.717, 1.165) is 49.7 Å². The topological polar surface area (TPSA) is 85.8 Å². The van der Waals surface area contributed by atoms with E-state index in [-0.39, 0.29) is 17.3 Å². The number of aryl methyl sites for hydroxylation is 2. The summed E-state index contributed by atoms with van der Waals surface area (Å²) in [6.07, 6.45) is 7.22. The lowest BCUT2D eigenvalue weighted by atomic mass is 9.73. The largest absolute Gasteiger partial charge is 0.355 e. The summed E-state index contributed by atoms with van der Waals surface area (Å²) >= 11 is 1.29. The maximum atomic E-state index is 14.3. The summed E-state index contributed by atoms with van der Waals surface area (Å²) in [7, 11) is 0. The van der Waals surface area contributed by atoms with Crippen LogP contribution in [-0.4, -0.2) is 37.8 Å². The molecule has 2 N–H and O–H groups in total. The lowest BCUT2D eigenvalue weighted by Crippen LogP contribution is -2.45. The summed E-state index contributed by atoms with van der Waals surface area (Å²) < 4.78 is 16.3. The molecule has 0 bridgehead atoms. The Bertz CT molecular complexity index is 1090. The second-order valence-corrected chi connectivity index (χ2v) is 9.20. The van der Waals surface area contributed by atoms with E-state index in [2.05, 4.69) is 24.6 Å². The van der Waals surface area contributed by atoms with Gasteiger partial charge in [-0.25, -0.2) is 14.4 Å². The van der Waals surface area contributed by atoms with E-state index in [1.165, 1.54) is 11.8 Å². The molecule has 1 saturated heterocycles. The van der Waals surface area contributed by atoms with Crippen LogP contribution >= 0.6 is 11.8 Å². The number of halogens is 1. The number of rotatable bonds is 3. The number of anilines is 1. The lowest BCUT2D eigenvalue weighted by molar-refractivity contribution is 0.170. The van der Waals surface area contributed by atoms with Gasteiger partial charge in [-0.2, -0.15) is 5.10 Å². The van der Waals surface area contributed by atoms with Crippen LogP contribution in [0.4, 0.5) is 10.2 Å². The number of piperidine rings is 1. The van der Waals surface area contributed by atoms with Gasteiger partial charge in [0.25, 0.3) is 0 Å². The first-order valence-electron chi connectivity index (χ1n) is 10.1. The third-order valence-electron chi connectivity index (χ3n) is 6.40. The second kappa shape index (κ2) is 7.31. The molecule has 0 aromatic carbocycles. The Balaban J connectivity index is 1.29. The molecule has 0 radical (unpaired) electrons. The fourth-order valence-electron chi connectivity index (χ4n) is 4.52. The van der Waals surface area contributed by atoms with E-state index < -0.39 is 0 Å². The highest BCUT2D eigenvalue weighted by Gasteiger charge is 2.47. The molecule has 0 aliphatic carbocycles. The van der Waals surface area contributed by atoms with Crippen LogP contribution in [0.1, 0.15) is 36.0 Å². The first-order valence-corrected chi connectivity index (χ1v) is 10.9. The molecular formula is C21H24FN7S. The number of pyridine rings is 1. The smallest absolute Gasteiger partial charge is 0.158 e. The summed E-state index contributed by atoms with van der Waals surface area (Å²) in [6.45, 7) is 6.24. The molecule has 2 aliphatic heterocycles. The average Bonchev–Trinajstić information content (AvgIpc) is 3.29. The number of hydrogen-bond acceptors (Lipinski definition) is 7. The summed E-state index contributed by atoms with van der Waals surface area (Å²) in [6, 6.07) is 3.74. The normalized spacial score (nSPS) is 20.0. The molecule has 1 spiro atoms. The van der Waals surface area contributed by atoms with E-state index in [4.69, 9.17) is 10.7 Å². The second-order valence-electron chi connectivity index (χ2n) is 8.17. The summed E-state index contributed by atoms with van der Waals surface area (Å²) in [5, 5.41) is 5.12. The van der Waals surface area contributed by atoms with E-state index >= 15 is 0 Å². The van der Waals surface area contributed by atoms with Crippen LogP contribution < -0.4 is 10.6 Å². The monoisotopic (exact) mass is 425 g/mol. The van der Waals surface area contributed by atoms with E-state index in [9.17, 15) is 4.39 Å². The minimum Gasteiger partial charge on any atom is -0.355 e. The molecule has 5 rings (SSSR count). The predicted molar refractivity (Wildman–Crippen MR) is 113 cm³/mol. The lowest BCUT2D eigenvalue weighted by Gasteiger charge is -2.41. The van der Waals surface area contributed by atoms with Crippen molar-refractivity contribution >= 4 is 17.6 Å². The minimum absolute atomic E-state index is 0.0347. The van der Waals surface area contributed by atoms with Crippen molar-refractivity contribution in [2.75, 3.05) is 18.0 Å². The van der Waals surface area contributed by atoms with Gasteiger partial charge in [0.2, 0.25) is 0 Å². The molecule has 3 aromatic rings. The van der Waals surface area contributed by atoms with Gasteiger partial charge in [-0.1, -0.05) is 11.8 Å². The maximum absolute atomic E-state index is 14.3. The molecule has 30 heavy (non-hydrogen) atoms. The van der Waals surface area contributed by atoms with Crippen molar-refractivity contribution < 1.29 is 4.39 Å². The number of hydrogen-bond donors (Lipinski definition) is 1. The van der Waals surface area contributed by atoms with Gasteiger partial charge in [-0.05, 0) is 38.8 Å². The van der Waals surface area contributed by atoms with Crippen molar-refractivity contribution in [1.82, 2.24) is 24.7 Å². The van der Waals surface area contributed by atoms with Crippen LogP contribution in [0.2, 0.25) is 0 Å². The third-order valence-corrected chi connectivity index (χ3v) is 7.53. The maximum Gasteiger partial charge on any atom is 0.158 e. The van der Waals surface area contributed by atoms with Gasteiger partial charge in [0.05, 0.1) is 34.2 Å². The third kappa shape index (κ3) is 3.16. The fourth-order valence-corrected chi connectivity index (χ4v) is 5.39. The van der Waals surface area contributed by atoms with Crippen LogP contribution in [0.5, 0.6) is 0 Å².